The van der Waals surface area contributed by atoms with E-state index in [9.17, 15) is 4.79 Å². The van der Waals surface area contributed by atoms with Crippen LogP contribution in [0.4, 0.5) is 0 Å². The van der Waals surface area contributed by atoms with Crippen LogP contribution in [0.3, 0.4) is 0 Å². The first-order chi connectivity index (χ1) is 5.99. The first kappa shape index (κ1) is 14.1. The van der Waals surface area contributed by atoms with Gasteiger partial charge in [0.05, 0.1) is 0 Å². The number of amides is 1. The molecule has 3 heteroatoms. The second-order valence-corrected chi connectivity index (χ2v) is 5.07. The van der Waals surface area contributed by atoms with Crippen LogP contribution in [0.1, 0.15) is 54.3 Å². The summed E-state index contributed by atoms with van der Waals surface area (Å²) in [7, 11) is 0. The summed E-state index contributed by atoms with van der Waals surface area (Å²) in [6.45, 7) is 6.11. The molecule has 14 heavy (non-hydrogen) atoms. The zero-order valence-corrected chi connectivity index (χ0v) is 10.0. The first-order valence-electron chi connectivity index (χ1n) is 5.31. The maximum absolute atomic E-state index is 11.7. The van der Waals surface area contributed by atoms with Gasteiger partial charge in [-0.05, 0) is 33.6 Å². The molecule has 0 heterocycles. The number of carbonyl (C=O) groups is 1. The Hall–Kier alpha value is 0.0674. The monoisotopic (exact) mass is 191 g/mol. The average molecular weight is 191 g/mol. The maximum atomic E-state index is 11.7. The molecule has 0 bridgehead atoms. The largest absolute Gasteiger partial charge is 1.00 e. The molecule has 0 aliphatic heterocycles. The molecule has 0 aromatic heterocycles. The van der Waals surface area contributed by atoms with Gasteiger partial charge in [0.25, 0.3) is 0 Å². The molecule has 1 fully saturated rings. The van der Waals surface area contributed by atoms with Gasteiger partial charge in [-0.3, -0.25) is 4.79 Å². The molecule has 1 saturated carbocycles. The summed E-state index contributed by atoms with van der Waals surface area (Å²) in [5, 5.41) is 3.05. The Morgan fingerprint density at radius 2 is 1.71 bits per heavy atom. The third-order valence-electron chi connectivity index (χ3n) is 2.47. The second-order valence-electron chi connectivity index (χ2n) is 5.07. The fraction of sp³-hybridized carbons (Fsp3) is 0.909. The summed E-state index contributed by atoms with van der Waals surface area (Å²) >= 11 is 0. The van der Waals surface area contributed by atoms with Crippen LogP contribution >= 0.6 is 0 Å². The van der Waals surface area contributed by atoms with Gasteiger partial charge in [-0.25, -0.2) is 0 Å². The molecule has 1 rings (SSSR count). The van der Waals surface area contributed by atoms with Crippen molar-refractivity contribution in [3.05, 3.63) is 0 Å². The predicted molar refractivity (Wildman–Crippen MR) is 55.6 cm³/mol. The molecule has 1 aliphatic rings. The standard InChI is InChI=1S/C11H21NO.Li.H/c1-11(2,3)12-10(13)9-7-5-4-6-8-9;;/h9H,4-8H2,1-3H3,(H,12,13);;/q;+1;-1. The second kappa shape index (κ2) is 5.83. The predicted octanol–water partition coefficient (Wildman–Crippen LogP) is -0.402. The van der Waals surface area contributed by atoms with Gasteiger partial charge in [0, 0.05) is 11.5 Å². The molecule has 78 valence electrons. The summed E-state index contributed by atoms with van der Waals surface area (Å²) in [6.07, 6.45) is 5.92. The zero-order chi connectivity index (χ0) is 9.90. The van der Waals surface area contributed by atoms with Crippen molar-refractivity contribution in [1.82, 2.24) is 5.32 Å². The quantitative estimate of drug-likeness (QED) is 0.561. The van der Waals surface area contributed by atoms with Gasteiger partial charge in [0.15, 0.2) is 0 Å². The smallest absolute Gasteiger partial charge is 1.00 e. The van der Waals surface area contributed by atoms with Crippen LogP contribution in [0.15, 0.2) is 0 Å². The molecule has 0 spiro atoms. The van der Waals surface area contributed by atoms with Crippen molar-refractivity contribution in [2.45, 2.75) is 58.4 Å². The molecule has 0 radical (unpaired) electrons. The van der Waals surface area contributed by atoms with Crippen LogP contribution in [-0.4, -0.2) is 11.4 Å². The molecule has 1 aliphatic carbocycles. The fourth-order valence-corrected chi connectivity index (χ4v) is 1.84. The van der Waals surface area contributed by atoms with Crippen LogP contribution in [0.25, 0.3) is 0 Å². The molecule has 2 nitrogen and oxygen atoms in total. The third-order valence-corrected chi connectivity index (χ3v) is 2.47. The van der Waals surface area contributed by atoms with E-state index in [1.165, 1.54) is 19.3 Å². The van der Waals surface area contributed by atoms with Crippen molar-refractivity contribution in [1.29, 1.82) is 0 Å². The van der Waals surface area contributed by atoms with Gasteiger partial charge in [-0.15, -0.1) is 0 Å². The number of hydrogen-bond acceptors (Lipinski definition) is 1. The van der Waals surface area contributed by atoms with Crippen molar-refractivity contribution in [2.75, 3.05) is 0 Å². The molecular formula is C11H22LiNO. The Bertz CT molecular complexity index is 186. The summed E-state index contributed by atoms with van der Waals surface area (Å²) in [5.74, 6) is 0.542. The van der Waals surface area contributed by atoms with E-state index in [0.29, 0.717) is 0 Å². The van der Waals surface area contributed by atoms with Crippen LogP contribution in [0.2, 0.25) is 0 Å². The van der Waals surface area contributed by atoms with Crippen LogP contribution < -0.4 is 24.2 Å². The van der Waals surface area contributed by atoms with Gasteiger partial charge >= 0.3 is 18.9 Å². The van der Waals surface area contributed by atoms with Gasteiger partial charge in [-0.1, -0.05) is 19.3 Å². The van der Waals surface area contributed by atoms with E-state index >= 15 is 0 Å². The molecule has 1 amide bonds. The Kier molecular flexibility index (Phi) is 5.86. The molecule has 0 aromatic carbocycles. The van der Waals surface area contributed by atoms with Crippen molar-refractivity contribution in [3.63, 3.8) is 0 Å². The Labute approximate surface area is 101 Å². The van der Waals surface area contributed by atoms with Gasteiger partial charge in [-0.2, -0.15) is 0 Å². The molecule has 1 N–H and O–H groups in total. The van der Waals surface area contributed by atoms with Crippen LogP contribution in [0.5, 0.6) is 0 Å². The molecular weight excluding hydrogens is 169 g/mol. The topological polar surface area (TPSA) is 29.1 Å². The minimum atomic E-state index is -0.0749. The third kappa shape index (κ3) is 5.07. The maximum Gasteiger partial charge on any atom is 1.00 e. The zero-order valence-electron chi connectivity index (χ0n) is 11.0. The SMILES string of the molecule is CC(C)(C)NC(=O)C1CCCCC1.[H-].[Li+]. The Balaban J connectivity index is 0. The minimum Gasteiger partial charge on any atom is -1.00 e. The molecule has 0 aromatic rings. The molecule has 0 atom stereocenters. The van der Waals surface area contributed by atoms with Gasteiger partial charge < -0.3 is 6.74 Å². The van der Waals surface area contributed by atoms with Crippen molar-refractivity contribution in [2.24, 2.45) is 5.92 Å². The summed E-state index contributed by atoms with van der Waals surface area (Å²) in [6, 6.07) is 0. The first-order valence-corrected chi connectivity index (χ1v) is 5.31. The van der Waals surface area contributed by atoms with E-state index in [1.54, 1.807) is 0 Å². The van der Waals surface area contributed by atoms with Crippen LogP contribution in [0, 0.1) is 5.92 Å². The summed E-state index contributed by atoms with van der Waals surface area (Å²) in [5.41, 5.74) is -0.0749. The van der Waals surface area contributed by atoms with Crippen molar-refractivity contribution < 1.29 is 25.1 Å². The summed E-state index contributed by atoms with van der Waals surface area (Å²) in [4.78, 5) is 11.7. The number of carbonyl (C=O) groups excluding carboxylic acids is 1. The van der Waals surface area contributed by atoms with E-state index in [4.69, 9.17) is 0 Å². The van der Waals surface area contributed by atoms with E-state index < -0.39 is 0 Å². The van der Waals surface area contributed by atoms with Crippen LogP contribution in [-0.2, 0) is 4.79 Å². The number of hydrogen-bond donors (Lipinski definition) is 1. The van der Waals surface area contributed by atoms with Gasteiger partial charge in [0.2, 0.25) is 5.91 Å². The Morgan fingerprint density at radius 3 is 2.14 bits per heavy atom. The normalized spacial score (nSPS) is 18.5. The van der Waals surface area contributed by atoms with Crippen molar-refractivity contribution in [3.8, 4) is 0 Å². The molecule has 0 unspecified atom stereocenters. The number of nitrogens with one attached hydrogen (secondary N) is 1. The van der Waals surface area contributed by atoms with Crippen molar-refractivity contribution >= 4 is 5.91 Å². The Morgan fingerprint density at radius 1 is 1.21 bits per heavy atom. The van der Waals surface area contributed by atoms with E-state index in [0.717, 1.165) is 12.8 Å². The van der Waals surface area contributed by atoms with E-state index in [-0.39, 0.29) is 37.7 Å². The van der Waals surface area contributed by atoms with Gasteiger partial charge in [0.1, 0.15) is 0 Å². The minimum absolute atomic E-state index is 0. The summed E-state index contributed by atoms with van der Waals surface area (Å²) < 4.78 is 0. The van der Waals surface area contributed by atoms with E-state index in [2.05, 4.69) is 5.32 Å². The van der Waals surface area contributed by atoms with E-state index in [1.807, 2.05) is 20.8 Å². The molecule has 0 saturated heterocycles. The fourth-order valence-electron chi connectivity index (χ4n) is 1.84. The average Bonchev–Trinajstić information content (AvgIpc) is 2.03. The number of rotatable bonds is 1.